The lowest BCUT2D eigenvalue weighted by Gasteiger charge is -2.13. The standard InChI is InChI=1S/C23H14ClF5N4O3/c1-36-18-10-12(33-22(35)31-20(32-33)19-14(24)3-2-4-16(19)26)6-7-13(18)21(34)30-17-9-11(23(27,28)29)5-8-15(17)25/h2-10H,1H3,(H,30,34)(H,31,32,35). The number of ether oxygens (including phenoxy) is 1. The second-order valence-corrected chi connectivity index (χ2v) is 7.73. The fraction of sp³-hybridized carbons (Fsp3) is 0.0870. The van der Waals surface area contributed by atoms with Gasteiger partial charge in [0, 0.05) is 6.07 Å². The highest BCUT2D eigenvalue weighted by atomic mass is 35.5. The predicted molar refractivity (Wildman–Crippen MR) is 120 cm³/mol. The van der Waals surface area contributed by atoms with Gasteiger partial charge in [-0.1, -0.05) is 17.7 Å². The molecule has 3 aromatic carbocycles. The van der Waals surface area contributed by atoms with Crippen LogP contribution in [0.4, 0.5) is 27.6 Å². The summed E-state index contributed by atoms with van der Waals surface area (Å²) in [6.07, 6.45) is -4.74. The molecule has 0 aliphatic heterocycles. The molecular formula is C23H14ClF5N4O3. The molecule has 13 heteroatoms. The summed E-state index contributed by atoms with van der Waals surface area (Å²) >= 11 is 6.02. The van der Waals surface area contributed by atoms with Crippen LogP contribution in [0, 0.1) is 11.6 Å². The van der Waals surface area contributed by atoms with Gasteiger partial charge >= 0.3 is 11.9 Å². The molecule has 0 bridgehead atoms. The maximum Gasteiger partial charge on any atom is 0.416 e. The Morgan fingerprint density at radius 3 is 2.50 bits per heavy atom. The van der Waals surface area contributed by atoms with Gasteiger partial charge < -0.3 is 10.1 Å². The smallest absolute Gasteiger partial charge is 0.416 e. The number of nitrogens with one attached hydrogen (secondary N) is 2. The monoisotopic (exact) mass is 524 g/mol. The van der Waals surface area contributed by atoms with Crippen molar-refractivity contribution in [3.8, 4) is 22.8 Å². The Balaban J connectivity index is 1.67. The van der Waals surface area contributed by atoms with Crippen LogP contribution in [0.15, 0.2) is 59.4 Å². The molecule has 1 aromatic heterocycles. The summed E-state index contributed by atoms with van der Waals surface area (Å²) < 4.78 is 73.2. The first kappa shape index (κ1) is 24.9. The van der Waals surface area contributed by atoms with Gasteiger partial charge in [0.2, 0.25) is 0 Å². The molecule has 0 radical (unpaired) electrons. The van der Waals surface area contributed by atoms with Gasteiger partial charge in [-0.15, -0.1) is 5.10 Å². The molecule has 1 amide bonds. The topological polar surface area (TPSA) is 89.0 Å². The molecule has 186 valence electrons. The van der Waals surface area contributed by atoms with Crippen molar-refractivity contribution in [2.45, 2.75) is 6.18 Å². The number of alkyl halides is 3. The lowest BCUT2D eigenvalue weighted by molar-refractivity contribution is -0.137. The van der Waals surface area contributed by atoms with Crippen LogP contribution in [0.5, 0.6) is 5.75 Å². The number of rotatable bonds is 5. The third-order valence-electron chi connectivity index (χ3n) is 5.03. The molecule has 4 rings (SSSR count). The van der Waals surface area contributed by atoms with Gasteiger partial charge in [0.25, 0.3) is 5.91 Å². The molecule has 0 atom stereocenters. The summed E-state index contributed by atoms with van der Waals surface area (Å²) in [7, 11) is 1.21. The quantitative estimate of drug-likeness (QED) is 0.340. The van der Waals surface area contributed by atoms with Gasteiger partial charge in [0.15, 0.2) is 5.82 Å². The fourth-order valence-corrected chi connectivity index (χ4v) is 3.57. The van der Waals surface area contributed by atoms with Crippen molar-refractivity contribution in [2.75, 3.05) is 12.4 Å². The van der Waals surface area contributed by atoms with Crippen LogP contribution in [0.2, 0.25) is 5.02 Å². The summed E-state index contributed by atoms with van der Waals surface area (Å²) in [6.45, 7) is 0. The number of aromatic nitrogens is 3. The Kier molecular flexibility index (Phi) is 6.55. The Morgan fingerprint density at radius 2 is 1.83 bits per heavy atom. The van der Waals surface area contributed by atoms with Crippen molar-refractivity contribution in [3.63, 3.8) is 0 Å². The number of hydrogen-bond acceptors (Lipinski definition) is 4. The van der Waals surface area contributed by atoms with E-state index in [-0.39, 0.29) is 33.4 Å². The SMILES string of the molecule is COc1cc(-n2nc(-c3c(F)cccc3Cl)[nH]c2=O)ccc1C(=O)Nc1cc(C(F)(F)F)ccc1F. The predicted octanol–water partition coefficient (Wildman–Crippen LogP) is 5.44. The van der Waals surface area contributed by atoms with E-state index in [2.05, 4.69) is 15.4 Å². The number of benzene rings is 3. The Bertz CT molecular complexity index is 1510. The molecule has 0 saturated heterocycles. The minimum absolute atomic E-state index is 0.0160. The van der Waals surface area contributed by atoms with E-state index in [0.29, 0.717) is 18.2 Å². The van der Waals surface area contributed by atoms with Crippen LogP contribution in [0.3, 0.4) is 0 Å². The zero-order valence-electron chi connectivity index (χ0n) is 18.1. The van der Waals surface area contributed by atoms with Crippen LogP contribution >= 0.6 is 11.6 Å². The van der Waals surface area contributed by atoms with Gasteiger partial charge in [-0.25, -0.2) is 13.6 Å². The lowest BCUT2D eigenvalue weighted by atomic mass is 10.1. The lowest BCUT2D eigenvalue weighted by Crippen LogP contribution is -2.18. The molecule has 0 aliphatic rings. The second-order valence-electron chi connectivity index (χ2n) is 7.32. The molecule has 0 spiro atoms. The number of anilines is 1. The van der Waals surface area contributed by atoms with Crippen LogP contribution in [-0.2, 0) is 6.18 Å². The zero-order chi connectivity index (χ0) is 26.2. The summed E-state index contributed by atoms with van der Waals surface area (Å²) in [5.41, 5.74) is -2.77. The molecule has 36 heavy (non-hydrogen) atoms. The van der Waals surface area contributed by atoms with Crippen molar-refractivity contribution >= 4 is 23.2 Å². The highest BCUT2D eigenvalue weighted by Gasteiger charge is 2.31. The van der Waals surface area contributed by atoms with Crippen molar-refractivity contribution in [1.82, 2.24) is 14.8 Å². The molecule has 7 nitrogen and oxygen atoms in total. The third kappa shape index (κ3) is 4.80. The minimum atomic E-state index is -4.74. The van der Waals surface area contributed by atoms with E-state index >= 15 is 0 Å². The maximum absolute atomic E-state index is 14.2. The molecular weight excluding hydrogens is 511 g/mol. The molecule has 0 fully saturated rings. The van der Waals surface area contributed by atoms with E-state index in [9.17, 15) is 31.5 Å². The van der Waals surface area contributed by atoms with Crippen LogP contribution in [-0.4, -0.2) is 27.8 Å². The van der Waals surface area contributed by atoms with E-state index in [1.807, 2.05) is 0 Å². The fourth-order valence-electron chi connectivity index (χ4n) is 3.32. The number of halogens is 6. The molecule has 1 heterocycles. The van der Waals surface area contributed by atoms with Crippen LogP contribution in [0.1, 0.15) is 15.9 Å². The number of amides is 1. The Morgan fingerprint density at radius 1 is 1.08 bits per heavy atom. The number of carbonyl (C=O) groups is 1. The van der Waals surface area contributed by atoms with Crippen molar-refractivity contribution in [2.24, 2.45) is 0 Å². The van der Waals surface area contributed by atoms with Gasteiger partial charge in [-0.2, -0.15) is 17.9 Å². The van der Waals surface area contributed by atoms with E-state index in [1.54, 1.807) is 0 Å². The van der Waals surface area contributed by atoms with Gasteiger partial charge in [0.05, 0.1) is 40.2 Å². The Hall–Kier alpha value is -4.19. The van der Waals surface area contributed by atoms with Gasteiger partial charge in [0.1, 0.15) is 17.4 Å². The van der Waals surface area contributed by atoms with Crippen molar-refractivity contribution < 1.29 is 31.5 Å². The first-order valence-electron chi connectivity index (χ1n) is 10.00. The molecule has 2 N–H and O–H groups in total. The van der Waals surface area contributed by atoms with E-state index in [0.717, 1.165) is 10.7 Å². The van der Waals surface area contributed by atoms with E-state index in [1.165, 1.54) is 37.4 Å². The number of carbonyl (C=O) groups excluding carboxylic acids is 1. The summed E-state index contributed by atoms with van der Waals surface area (Å²) in [5.74, 6) is -3.00. The summed E-state index contributed by atoms with van der Waals surface area (Å²) in [5, 5.41) is 6.14. The van der Waals surface area contributed by atoms with E-state index in [4.69, 9.17) is 16.3 Å². The average molecular weight is 525 g/mol. The molecule has 0 saturated carbocycles. The van der Waals surface area contributed by atoms with Gasteiger partial charge in [-0.05, 0) is 42.5 Å². The van der Waals surface area contributed by atoms with E-state index < -0.39 is 40.7 Å². The van der Waals surface area contributed by atoms with Crippen molar-refractivity contribution in [1.29, 1.82) is 0 Å². The Labute approximate surface area is 204 Å². The number of hydrogen-bond donors (Lipinski definition) is 2. The number of methoxy groups -OCH3 is 1. The molecule has 0 aliphatic carbocycles. The minimum Gasteiger partial charge on any atom is -0.496 e. The highest BCUT2D eigenvalue weighted by molar-refractivity contribution is 6.33. The van der Waals surface area contributed by atoms with Crippen LogP contribution < -0.4 is 15.7 Å². The zero-order valence-corrected chi connectivity index (χ0v) is 18.8. The molecule has 0 unspecified atom stereocenters. The second kappa shape index (κ2) is 9.46. The number of H-pyrrole nitrogens is 1. The number of aromatic amines is 1. The highest BCUT2D eigenvalue weighted by Crippen LogP contribution is 2.32. The summed E-state index contributed by atoms with van der Waals surface area (Å²) in [4.78, 5) is 27.6. The molecule has 4 aromatic rings. The maximum atomic E-state index is 14.2. The first-order valence-corrected chi connectivity index (χ1v) is 10.4. The first-order chi connectivity index (χ1) is 17.0. The normalized spacial score (nSPS) is 11.4. The average Bonchev–Trinajstić information content (AvgIpc) is 3.20. The third-order valence-corrected chi connectivity index (χ3v) is 5.35. The summed E-state index contributed by atoms with van der Waals surface area (Å²) in [6, 6.07) is 9.27. The largest absolute Gasteiger partial charge is 0.496 e. The van der Waals surface area contributed by atoms with Crippen LogP contribution in [0.25, 0.3) is 17.1 Å². The van der Waals surface area contributed by atoms with Gasteiger partial charge in [-0.3, -0.25) is 9.78 Å². The number of nitrogens with zero attached hydrogens (tertiary/aromatic N) is 2. The van der Waals surface area contributed by atoms with Crippen molar-refractivity contribution in [3.05, 3.63) is 92.9 Å².